The highest BCUT2D eigenvalue weighted by molar-refractivity contribution is 7.17. The Morgan fingerprint density at radius 3 is 2.71 bits per heavy atom. The van der Waals surface area contributed by atoms with Crippen molar-refractivity contribution in [1.82, 2.24) is 20.3 Å². The predicted octanol–water partition coefficient (Wildman–Crippen LogP) is 3.42. The topological polar surface area (TPSA) is 86.2 Å². The fraction of sp³-hybridized carbons (Fsp3) is 0.300. The number of fused-ring (bicyclic) bond motifs is 1. The fourth-order valence-electron chi connectivity index (χ4n) is 2.95. The number of ether oxygens (including phenoxy) is 2. The molecule has 1 aliphatic heterocycles. The van der Waals surface area contributed by atoms with E-state index in [0.717, 1.165) is 17.0 Å². The van der Waals surface area contributed by atoms with Gasteiger partial charge in [-0.05, 0) is 37.1 Å². The van der Waals surface area contributed by atoms with Gasteiger partial charge in [0.2, 0.25) is 0 Å². The first-order valence-corrected chi connectivity index (χ1v) is 9.95. The molecule has 0 spiro atoms. The molecule has 0 bridgehead atoms. The van der Waals surface area contributed by atoms with Gasteiger partial charge < -0.3 is 14.8 Å². The lowest BCUT2D eigenvalue weighted by Gasteiger charge is -2.21. The summed E-state index contributed by atoms with van der Waals surface area (Å²) in [6, 6.07) is 7.29. The molecular formula is C20H20N4O3S. The lowest BCUT2D eigenvalue weighted by atomic mass is 10.1. The Morgan fingerprint density at radius 1 is 1.21 bits per heavy atom. The number of amides is 1. The first-order chi connectivity index (χ1) is 13.7. The molecule has 3 aromatic rings. The summed E-state index contributed by atoms with van der Waals surface area (Å²) in [5, 5.41) is 3.70. The number of carbonyl (C=O) groups is 1. The van der Waals surface area contributed by atoms with Crippen molar-refractivity contribution < 1.29 is 14.3 Å². The van der Waals surface area contributed by atoms with E-state index in [1.54, 1.807) is 18.5 Å². The van der Waals surface area contributed by atoms with Crippen LogP contribution in [-0.4, -0.2) is 34.1 Å². The zero-order valence-electron chi connectivity index (χ0n) is 15.6. The highest BCUT2D eigenvalue weighted by Gasteiger charge is 2.21. The highest BCUT2D eigenvalue weighted by Crippen LogP contribution is 2.33. The summed E-state index contributed by atoms with van der Waals surface area (Å²) in [7, 11) is 0. The second kappa shape index (κ2) is 7.93. The smallest absolute Gasteiger partial charge is 0.263 e. The number of aromatic nitrogens is 3. The third-order valence-electron chi connectivity index (χ3n) is 4.41. The standard InChI is InChI=1S/C20H20N4O3S/c1-3-14-17(28-20(24-14)18-21-7-4-8-22-18)19(25)23-12(2)13-5-6-15-16(11-13)27-10-9-26-15/h4-8,11-12H,3,9-10H2,1-2H3,(H,23,25). The van der Waals surface area contributed by atoms with E-state index in [4.69, 9.17) is 9.47 Å². The molecule has 1 aliphatic rings. The fourth-order valence-corrected chi connectivity index (χ4v) is 3.95. The van der Waals surface area contributed by atoms with Crippen LogP contribution in [0, 0.1) is 0 Å². The van der Waals surface area contributed by atoms with Crippen molar-refractivity contribution in [2.24, 2.45) is 0 Å². The summed E-state index contributed by atoms with van der Waals surface area (Å²) in [5.74, 6) is 1.82. The number of rotatable bonds is 5. The molecule has 4 rings (SSSR count). The maximum absolute atomic E-state index is 12.9. The highest BCUT2D eigenvalue weighted by atomic mass is 32.1. The molecule has 2 aromatic heterocycles. The van der Waals surface area contributed by atoms with Crippen LogP contribution in [-0.2, 0) is 6.42 Å². The van der Waals surface area contributed by atoms with E-state index in [1.807, 2.05) is 32.0 Å². The van der Waals surface area contributed by atoms with E-state index in [1.165, 1.54) is 11.3 Å². The summed E-state index contributed by atoms with van der Waals surface area (Å²) in [5.41, 5.74) is 1.70. The first-order valence-electron chi connectivity index (χ1n) is 9.13. The van der Waals surface area contributed by atoms with Crippen LogP contribution < -0.4 is 14.8 Å². The van der Waals surface area contributed by atoms with Crippen LogP contribution in [0.5, 0.6) is 11.5 Å². The van der Waals surface area contributed by atoms with Gasteiger partial charge in [-0.3, -0.25) is 4.79 Å². The maximum atomic E-state index is 12.9. The van der Waals surface area contributed by atoms with Crippen LogP contribution in [0.15, 0.2) is 36.7 Å². The van der Waals surface area contributed by atoms with Crippen molar-refractivity contribution in [3.8, 4) is 22.3 Å². The zero-order valence-corrected chi connectivity index (χ0v) is 16.5. The molecule has 8 heteroatoms. The van der Waals surface area contributed by atoms with Gasteiger partial charge in [0.1, 0.15) is 18.1 Å². The van der Waals surface area contributed by atoms with Gasteiger partial charge in [0.25, 0.3) is 5.91 Å². The largest absolute Gasteiger partial charge is 0.486 e. The molecule has 1 amide bonds. The lowest BCUT2D eigenvalue weighted by molar-refractivity contribution is 0.0942. The van der Waals surface area contributed by atoms with E-state index in [2.05, 4.69) is 20.3 Å². The summed E-state index contributed by atoms with van der Waals surface area (Å²) in [4.78, 5) is 26.5. The van der Waals surface area contributed by atoms with Crippen LogP contribution in [0.1, 0.15) is 40.8 Å². The Labute approximate surface area is 166 Å². The Hall–Kier alpha value is -3.00. The van der Waals surface area contributed by atoms with Gasteiger partial charge in [-0.25, -0.2) is 15.0 Å². The molecule has 144 valence electrons. The van der Waals surface area contributed by atoms with E-state index in [9.17, 15) is 4.79 Å². The number of thiazole rings is 1. The molecule has 0 fully saturated rings. The Balaban J connectivity index is 1.54. The number of aryl methyl sites for hydroxylation is 1. The Morgan fingerprint density at radius 2 is 1.96 bits per heavy atom. The molecule has 1 N–H and O–H groups in total. The van der Waals surface area contributed by atoms with Gasteiger partial charge in [-0.1, -0.05) is 13.0 Å². The van der Waals surface area contributed by atoms with Gasteiger partial charge in [-0.2, -0.15) is 0 Å². The minimum Gasteiger partial charge on any atom is -0.486 e. The molecule has 1 atom stereocenters. The molecule has 1 unspecified atom stereocenters. The van der Waals surface area contributed by atoms with E-state index < -0.39 is 0 Å². The van der Waals surface area contributed by atoms with Crippen LogP contribution in [0.2, 0.25) is 0 Å². The summed E-state index contributed by atoms with van der Waals surface area (Å²) in [6.07, 6.45) is 3.99. The molecule has 1 aromatic carbocycles. The van der Waals surface area contributed by atoms with Crippen LogP contribution in [0.3, 0.4) is 0 Å². The normalized spacial score (nSPS) is 13.8. The number of hydrogen-bond acceptors (Lipinski definition) is 7. The maximum Gasteiger partial charge on any atom is 0.263 e. The van der Waals surface area contributed by atoms with Crippen LogP contribution in [0.25, 0.3) is 10.8 Å². The molecule has 7 nitrogen and oxygen atoms in total. The molecule has 0 saturated heterocycles. The van der Waals surface area contributed by atoms with E-state index in [0.29, 0.717) is 41.1 Å². The predicted molar refractivity (Wildman–Crippen MR) is 106 cm³/mol. The van der Waals surface area contributed by atoms with Crippen molar-refractivity contribution in [3.05, 3.63) is 52.8 Å². The van der Waals surface area contributed by atoms with Crippen molar-refractivity contribution in [1.29, 1.82) is 0 Å². The summed E-state index contributed by atoms with van der Waals surface area (Å²) in [6.45, 7) is 5.00. The number of nitrogens with one attached hydrogen (secondary N) is 1. The molecule has 0 radical (unpaired) electrons. The van der Waals surface area contributed by atoms with Crippen molar-refractivity contribution >= 4 is 17.2 Å². The minimum absolute atomic E-state index is 0.154. The van der Waals surface area contributed by atoms with Crippen molar-refractivity contribution in [3.63, 3.8) is 0 Å². The Kier molecular flexibility index (Phi) is 5.21. The number of benzene rings is 1. The first kappa shape index (κ1) is 18.4. The van der Waals surface area contributed by atoms with Gasteiger partial charge in [0.05, 0.1) is 11.7 Å². The van der Waals surface area contributed by atoms with E-state index >= 15 is 0 Å². The second-order valence-corrected chi connectivity index (χ2v) is 7.32. The number of hydrogen-bond donors (Lipinski definition) is 1. The van der Waals surface area contributed by atoms with Gasteiger partial charge >= 0.3 is 0 Å². The number of carbonyl (C=O) groups excluding carboxylic acids is 1. The third-order valence-corrected chi connectivity index (χ3v) is 5.50. The molecule has 28 heavy (non-hydrogen) atoms. The third kappa shape index (κ3) is 3.68. The van der Waals surface area contributed by atoms with Gasteiger partial charge in [0.15, 0.2) is 22.3 Å². The quantitative estimate of drug-likeness (QED) is 0.711. The van der Waals surface area contributed by atoms with E-state index in [-0.39, 0.29) is 11.9 Å². The minimum atomic E-state index is -0.188. The van der Waals surface area contributed by atoms with Crippen LogP contribution in [0.4, 0.5) is 0 Å². The van der Waals surface area contributed by atoms with Crippen LogP contribution >= 0.6 is 11.3 Å². The van der Waals surface area contributed by atoms with Crippen molar-refractivity contribution in [2.45, 2.75) is 26.3 Å². The SMILES string of the molecule is CCc1nc(-c2ncccn2)sc1C(=O)NC(C)c1ccc2c(c1)OCCO2. The monoisotopic (exact) mass is 396 g/mol. The molecule has 0 aliphatic carbocycles. The number of nitrogens with zero attached hydrogens (tertiary/aromatic N) is 3. The second-order valence-electron chi connectivity index (χ2n) is 6.32. The average molecular weight is 396 g/mol. The van der Waals surface area contributed by atoms with Crippen molar-refractivity contribution in [2.75, 3.05) is 13.2 Å². The lowest BCUT2D eigenvalue weighted by Crippen LogP contribution is -2.27. The van der Waals surface area contributed by atoms with Gasteiger partial charge in [0, 0.05) is 12.4 Å². The molecular weight excluding hydrogens is 376 g/mol. The molecule has 3 heterocycles. The molecule has 0 saturated carbocycles. The summed E-state index contributed by atoms with van der Waals surface area (Å²) < 4.78 is 11.2. The Bertz CT molecular complexity index is 990. The zero-order chi connectivity index (χ0) is 19.5. The van der Waals surface area contributed by atoms with Gasteiger partial charge in [-0.15, -0.1) is 11.3 Å². The average Bonchev–Trinajstić information content (AvgIpc) is 3.18. The summed E-state index contributed by atoms with van der Waals surface area (Å²) >= 11 is 1.31.